The van der Waals surface area contributed by atoms with Crippen LogP contribution in [0.4, 0.5) is 10.2 Å². The van der Waals surface area contributed by atoms with Gasteiger partial charge in [0, 0.05) is 35.3 Å². The first kappa shape index (κ1) is 15.7. The van der Waals surface area contributed by atoms with Gasteiger partial charge in [-0.05, 0) is 30.7 Å². The zero-order valence-corrected chi connectivity index (χ0v) is 14.0. The molecule has 0 fully saturated rings. The average molecular weight is 358 g/mol. The lowest BCUT2D eigenvalue weighted by atomic mass is 9.86. The van der Waals surface area contributed by atoms with Gasteiger partial charge in [0.05, 0.1) is 5.69 Å². The van der Waals surface area contributed by atoms with Crippen LogP contribution in [0.25, 0.3) is 5.95 Å². The number of benzene rings is 1. The number of carbonyl (C=O) groups excluding carboxylic acids is 1. The summed E-state index contributed by atoms with van der Waals surface area (Å²) in [6.07, 6.45) is 3.41. The second-order valence-corrected chi connectivity index (χ2v) is 6.19. The molecule has 3 heterocycles. The Morgan fingerprint density at radius 2 is 2.08 bits per heavy atom. The average Bonchev–Trinajstić information content (AvgIpc) is 2.92. The van der Waals surface area contributed by atoms with E-state index in [2.05, 4.69) is 20.4 Å². The molecule has 3 aromatic rings. The van der Waals surface area contributed by atoms with Crippen molar-refractivity contribution in [1.29, 1.82) is 0 Å². The molecule has 1 atom stereocenters. The number of nitrogens with zero attached hydrogens (tertiary/aromatic N) is 4. The van der Waals surface area contributed by atoms with Crippen LogP contribution in [0.2, 0.25) is 5.02 Å². The number of hydrogen-bond acceptors (Lipinski definition) is 4. The van der Waals surface area contributed by atoms with Crippen molar-refractivity contribution in [3.63, 3.8) is 0 Å². The Balaban J connectivity index is 1.90. The van der Waals surface area contributed by atoms with E-state index < -0.39 is 5.82 Å². The Morgan fingerprint density at radius 1 is 1.32 bits per heavy atom. The predicted octanol–water partition coefficient (Wildman–Crippen LogP) is 3.24. The van der Waals surface area contributed by atoms with Crippen molar-refractivity contribution in [2.75, 3.05) is 5.32 Å². The topological polar surface area (TPSA) is 72.7 Å². The van der Waals surface area contributed by atoms with Crippen molar-refractivity contribution in [2.45, 2.75) is 19.3 Å². The van der Waals surface area contributed by atoms with E-state index >= 15 is 0 Å². The number of halogens is 2. The van der Waals surface area contributed by atoms with E-state index in [0.717, 1.165) is 11.3 Å². The van der Waals surface area contributed by atoms with Crippen molar-refractivity contribution < 1.29 is 9.18 Å². The van der Waals surface area contributed by atoms with Crippen LogP contribution in [0.5, 0.6) is 0 Å². The summed E-state index contributed by atoms with van der Waals surface area (Å²) in [5.74, 6) is -0.0213. The molecule has 0 radical (unpaired) electrons. The van der Waals surface area contributed by atoms with Gasteiger partial charge in [-0.2, -0.15) is 9.78 Å². The molecule has 6 nitrogen and oxygen atoms in total. The fourth-order valence-corrected chi connectivity index (χ4v) is 3.44. The maximum atomic E-state index is 13.4. The smallest absolute Gasteiger partial charge is 0.252 e. The lowest BCUT2D eigenvalue weighted by Gasteiger charge is -2.24. The molecule has 1 unspecified atom stereocenters. The van der Waals surface area contributed by atoms with E-state index in [4.69, 9.17) is 11.6 Å². The van der Waals surface area contributed by atoms with Gasteiger partial charge in [-0.15, -0.1) is 0 Å². The summed E-state index contributed by atoms with van der Waals surface area (Å²) in [5.41, 5.74) is 2.25. The molecule has 0 aliphatic carbocycles. The second kappa shape index (κ2) is 5.93. The van der Waals surface area contributed by atoms with Crippen LogP contribution in [0.1, 0.15) is 29.2 Å². The number of carbonyl (C=O) groups is 1. The minimum atomic E-state index is -0.417. The Bertz CT molecular complexity index is 973. The molecule has 1 amide bonds. The first-order chi connectivity index (χ1) is 12.0. The molecule has 1 aliphatic rings. The summed E-state index contributed by atoms with van der Waals surface area (Å²) in [6.45, 7) is 1.85. The highest BCUT2D eigenvalue weighted by Gasteiger charge is 2.34. The van der Waals surface area contributed by atoms with Gasteiger partial charge in [0.15, 0.2) is 0 Å². The number of aryl methyl sites for hydroxylation is 1. The van der Waals surface area contributed by atoms with Gasteiger partial charge in [-0.1, -0.05) is 17.7 Å². The largest absolute Gasteiger partial charge is 0.310 e. The Hall–Kier alpha value is -2.80. The molecule has 8 heteroatoms. The van der Waals surface area contributed by atoms with Crippen molar-refractivity contribution >= 4 is 23.3 Å². The number of nitrogens with one attached hydrogen (secondary N) is 1. The maximum Gasteiger partial charge on any atom is 0.252 e. The normalized spacial score (nSPS) is 16.4. The summed E-state index contributed by atoms with van der Waals surface area (Å²) in [4.78, 5) is 20.6. The van der Waals surface area contributed by atoms with E-state index in [-0.39, 0.29) is 23.3 Å². The summed E-state index contributed by atoms with van der Waals surface area (Å²) in [5, 5.41) is 7.61. The molecule has 1 aliphatic heterocycles. The molecule has 1 N–H and O–H groups in total. The molecule has 4 rings (SSSR count). The quantitative estimate of drug-likeness (QED) is 0.764. The van der Waals surface area contributed by atoms with Crippen LogP contribution < -0.4 is 5.32 Å². The lowest BCUT2D eigenvalue weighted by molar-refractivity contribution is -0.116. The fraction of sp³-hybridized carbons (Fsp3) is 0.176. The van der Waals surface area contributed by atoms with Crippen LogP contribution in [0.3, 0.4) is 0 Å². The number of fused-ring (bicyclic) bond motifs is 1. The Morgan fingerprint density at radius 3 is 2.80 bits per heavy atom. The van der Waals surface area contributed by atoms with Crippen LogP contribution in [-0.2, 0) is 4.79 Å². The number of aromatic nitrogens is 4. The minimum absolute atomic E-state index is 0.171. The molecular formula is C17H13ClFN5O. The zero-order chi connectivity index (χ0) is 17.6. The summed E-state index contributed by atoms with van der Waals surface area (Å²) in [7, 11) is 0. The summed E-state index contributed by atoms with van der Waals surface area (Å²) >= 11 is 6.23. The highest BCUT2D eigenvalue weighted by molar-refractivity contribution is 6.31. The molecular weight excluding hydrogens is 345 g/mol. The minimum Gasteiger partial charge on any atom is -0.310 e. The van der Waals surface area contributed by atoms with E-state index in [0.29, 0.717) is 17.3 Å². The maximum absolute atomic E-state index is 13.4. The third kappa shape index (κ3) is 2.66. The van der Waals surface area contributed by atoms with Crippen LogP contribution in [0, 0.1) is 12.7 Å². The zero-order valence-electron chi connectivity index (χ0n) is 13.2. The lowest BCUT2D eigenvalue weighted by Crippen LogP contribution is -2.25. The predicted molar refractivity (Wildman–Crippen MR) is 90.4 cm³/mol. The standard InChI is InChI=1S/C17H13ClFN5O/c1-9-15-12(11-4-3-10(19)7-13(11)18)8-14(25)22-16(15)24(23-9)17-20-5-2-6-21-17/h2-7,12H,8H2,1H3,(H,22,25). The molecule has 1 aromatic carbocycles. The van der Waals surface area contributed by atoms with Gasteiger partial charge in [0.25, 0.3) is 5.95 Å². The Labute approximate surface area is 147 Å². The first-order valence-electron chi connectivity index (χ1n) is 7.66. The number of anilines is 1. The van der Waals surface area contributed by atoms with Gasteiger partial charge in [0.1, 0.15) is 11.6 Å². The molecule has 0 spiro atoms. The first-order valence-corrected chi connectivity index (χ1v) is 8.04. The molecule has 0 bridgehead atoms. The number of rotatable bonds is 2. The third-order valence-corrected chi connectivity index (χ3v) is 4.51. The Kier molecular flexibility index (Phi) is 3.73. The third-order valence-electron chi connectivity index (χ3n) is 4.18. The highest BCUT2D eigenvalue weighted by Crippen LogP contribution is 2.42. The fourth-order valence-electron chi connectivity index (χ4n) is 3.14. The van der Waals surface area contributed by atoms with Crippen molar-refractivity contribution in [3.8, 4) is 5.95 Å². The monoisotopic (exact) mass is 357 g/mol. The van der Waals surface area contributed by atoms with Crippen molar-refractivity contribution in [1.82, 2.24) is 19.7 Å². The van der Waals surface area contributed by atoms with Crippen LogP contribution in [-0.4, -0.2) is 25.7 Å². The molecule has 0 saturated heterocycles. The van der Waals surface area contributed by atoms with Gasteiger partial charge in [0.2, 0.25) is 5.91 Å². The van der Waals surface area contributed by atoms with Gasteiger partial charge in [-0.3, -0.25) is 4.79 Å². The molecule has 0 saturated carbocycles. The summed E-state index contributed by atoms with van der Waals surface area (Å²) < 4.78 is 14.9. The van der Waals surface area contributed by atoms with Crippen LogP contribution in [0.15, 0.2) is 36.7 Å². The van der Waals surface area contributed by atoms with E-state index in [9.17, 15) is 9.18 Å². The van der Waals surface area contributed by atoms with Gasteiger partial charge in [-0.25, -0.2) is 14.4 Å². The van der Waals surface area contributed by atoms with E-state index in [1.807, 2.05) is 6.92 Å². The SMILES string of the molecule is Cc1nn(-c2ncccn2)c2c1C(c1ccc(F)cc1Cl)CC(=O)N2. The number of amides is 1. The molecule has 126 valence electrons. The van der Waals surface area contributed by atoms with E-state index in [1.54, 1.807) is 24.5 Å². The number of hydrogen-bond donors (Lipinski definition) is 1. The van der Waals surface area contributed by atoms with Crippen LogP contribution >= 0.6 is 11.6 Å². The van der Waals surface area contributed by atoms with E-state index in [1.165, 1.54) is 16.8 Å². The highest BCUT2D eigenvalue weighted by atomic mass is 35.5. The summed E-state index contributed by atoms with van der Waals surface area (Å²) in [6, 6.07) is 5.91. The van der Waals surface area contributed by atoms with Gasteiger partial charge >= 0.3 is 0 Å². The second-order valence-electron chi connectivity index (χ2n) is 5.78. The molecule has 25 heavy (non-hydrogen) atoms. The van der Waals surface area contributed by atoms with Crippen molar-refractivity contribution in [3.05, 3.63) is 64.3 Å². The molecule has 2 aromatic heterocycles. The van der Waals surface area contributed by atoms with Crippen molar-refractivity contribution in [2.24, 2.45) is 0 Å². The van der Waals surface area contributed by atoms with Gasteiger partial charge < -0.3 is 5.32 Å².